The topological polar surface area (TPSA) is 92.7 Å². The zero-order valence-electron chi connectivity index (χ0n) is 26.0. The molecule has 8 heteroatoms. The molecule has 0 spiro atoms. The predicted octanol–water partition coefficient (Wildman–Crippen LogP) is 5.62. The van der Waals surface area contributed by atoms with E-state index in [1.165, 1.54) is 7.11 Å². The molecule has 0 radical (unpaired) electrons. The molecule has 0 bridgehead atoms. The lowest BCUT2D eigenvalue weighted by Gasteiger charge is -2.47. The number of hydrogen-bond acceptors (Lipinski definition) is 8. The minimum atomic E-state index is -0.935. The maximum atomic E-state index is 12.3. The van der Waals surface area contributed by atoms with Crippen LogP contribution in [0.25, 0.3) is 0 Å². The van der Waals surface area contributed by atoms with Crippen LogP contribution in [0.15, 0.2) is 104 Å². The molecule has 1 aliphatic heterocycles. The molecule has 3 aromatic rings. The van der Waals surface area contributed by atoms with Crippen molar-refractivity contribution in [3.05, 3.63) is 120 Å². The number of carbonyl (C=O) groups is 1. The number of carbonyl (C=O) groups excluding carboxylic acids is 1. The number of benzene rings is 3. The van der Waals surface area contributed by atoms with Crippen molar-refractivity contribution in [3.8, 4) is 0 Å². The molecule has 1 saturated heterocycles. The second-order valence-electron chi connectivity index (χ2n) is 11.8. The fourth-order valence-electron chi connectivity index (χ4n) is 6.18. The molecule has 0 amide bonds. The van der Waals surface area contributed by atoms with Gasteiger partial charge < -0.3 is 33.5 Å². The maximum absolute atomic E-state index is 12.3. The summed E-state index contributed by atoms with van der Waals surface area (Å²) in [4.78, 5) is 12.3. The van der Waals surface area contributed by atoms with Crippen LogP contribution in [0.1, 0.15) is 36.5 Å². The summed E-state index contributed by atoms with van der Waals surface area (Å²) in [7, 11) is 1.36. The van der Waals surface area contributed by atoms with Crippen LogP contribution >= 0.6 is 0 Å². The quantitative estimate of drug-likeness (QED) is 0.196. The molecule has 45 heavy (non-hydrogen) atoms. The van der Waals surface area contributed by atoms with Gasteiger partial charge in [0, 0.05) is 5.92 Å². The number of ether oxygens (including phenoxy) is 6. The van der Waals surface area contributed by atoms with Crippen molar-refractivity contribution in [2.45, 2.75) is 82.5 Å². The third-order valence-electron chi connectivity index (χ3n) is 8.60. The molecule has 8 nitrogen and oxygen atoms in total. The lowest BCUT2D eigenvalue weighted by atomic mass is 9.77. The fourth-order valence-corrected chi connectivity index (χ4v) is 6.18. The van der Waals surface area contributed by atoms with E-state index >= 15 is 0 Å². The highest BCUT2D eigenvalue weighted by atomic mass is 16.7. The number of esters is 1. The molecule has 1 saturated carbocycles. The standard InChI is InChI=1S/C37H44O8/c1-4-29-20-30(36(39)40-3)21-31(38)33(29)45-37-35(43-24-28-18-12-7-13-19-28)34(42-23-27-16-10-6-11-17-27)32(25(2)44-37)41-22-26-14-8-5-9-15-26/h4-19,25,29-35,37-38H,1,20-24H2,2-3H3/t25-,29?,30?,31+,32-,33+,34?,35-,37?/m0/s1. The summed E-state index contributed by atoms with van der Waals surface area (Å²) < 4.78 is 37.9. The van der Waals surface area contributed by atoms with Crippen LogP contribution in [-0.4, -0.2) is 61.1 Å². The number of aliphatic hydroxyl groups is 1. The van der Waals surface area contributed by atoms with E-state index in [2.05, 4.69) is 6.58 Å². The highest BCUT2D eigenvalue weighted by molar-refractivity contribution is 5.72. The Morgan fingerprint density at radius 2 is 1.27 bits per heavy atom. The highest BCUT2D eigenvalue weighted by Gasteiger charge is 2.50. The minimum Gasteiger partial charge on any atom is -0.469 e. The highest BCUT2D eigenvalue weighted by Crippen LogP contribution is 2.37. The van der Waals surface area contributed by atoms with E-state index in [1.54, 1.807) is 6.08 Å². The van der Waals surface area contributed by atoms with Crippen molar-refractivity contribution in [3.63, 3.8) is 0 Å². The van der Waals surface area contributed by atoms with Crippen LogP contribution in [0.3, 0.4) is 0 Å². The lowest BCUT2D eigenvalue weighted by Crippen LogP contribution is -2.61. The summed E-state index contributed by atoms with van der Waals surface area (Å²) in [5, 5.41) is 11.2. The summed E-state index contributed by atoms with van der Waals surface area (Å²) in [6.07, 6.45) is -2.29. The molecule has 1 aliphatic carbocycles. The summed E-state index contributed by atoms with van der Waals surface area (Å²) in [5.41, 5.74) is 3.04. The van der Waals surface area contributed by atoms with E-state index in [4.69, 9.17) is 28.4 Å². The molecule has 2 aliphatic rings. The Labute approximate surface area is 265 Å². The number of rotatable bonds is 13. The van der Waals surface area contributed by atoms with E-state index < -0.39 is 48.8 Å². The van der Waals surface area contributed by atoms with Gasteiger partial charge in [0.1, 0.15) is 18.3 Å². The average molecular weight is 617 g/mol. The molecule has 1 heterocycles. The molecule has 4 unspecified atom stereocenters. The summed E-state index contributed by atoms with van der Waals surface area (Å²) >= 11 is 0. The van der Waals surface area contributed by atoms with Crippen molar-refractivity contribution in [1.29, 1.82) is 0 Å². The molecular formula is C37H44O8. The van der Waals surface area contributed by atoms with E-state index in [9.17, 15) is 9.90 Å². The largest absolute Gasteiger partial charge is 0.469 e. The van der Waals surface area contributed by atoms with Crippen molar-refractivity contribution in [2.24, 2.45) is 11.8 Å². The summed E-state index contributed by atoms with van der Waals surface area (Å²) in [6.45, 7) is 6.92. The monoisotopic (exact) mass is 616 g/mol. The molecule has 3 aromatic carbocycles. The summed E-state index contributed by atoms with van der Waals surface area (Å²) in [6, 6.07) is 29.8. The third-order valence-corrected chi connectivity index (χ3v) is 8.60. The Kier molecular flexibility index (Phi) is 11.9. The van der Waals surface area contributed by atoms with Crippen molar-refractivity contribution in [1.82, 2.24) is 0 Å². The van der Waals surface area contributed by atoms with E-state index in [0.717, 1.165) is 16.7 Å². The fraction of sp³-hybridized carbons (Fsp3) is 0.432. The SMILES string of the molecule is C=CC1CC(C(=O)OC)C[C@@H](O)[C@@H]1OC1O[C@@H](C)[C@H](OCc2ccccc2)C(OCc2ccccc2)[C@@H]1OCc1ccccc1. The van der Waals surface area contributed by atoms with Crippen LogP contribution in [-0.2, 0) is 53.0 Å². The number of hydrogen-bond donors (Lipinski definition) is 1. The Balaban J connectivity index is 1.42. The first-order valence-electron chi connectivity index (χ1n) is 15.6. The Hall–Kier alpha value is -3.37. The number of methoxy groups -OCH3 is 1. The van der Waals surface area contributed by atoms with Gasteiger partial charge in [-0.25, -0.2) is 0 Å². The van der Waals surface area contributed by atoms with Crippen molar-refractivity contribution in [2.75, 3.05) is 7.11 Å². The van der Waals surface area contributed by atoms with Gasteiger partial charge in [0.2, 0.25) is 0 Å². The van der Waals surface area contributed by atoms with Gasteiger partial charge in [0.25, 0.3) is 0 Å². The van der Waals surface area contributed by atoms with Crippen molar-refractivity contribution >= 4 is 5.97 Å². The third kappa shape index (κ3) is 8.67. The van der Waals surface area contributed by atoms with Gasteiger partial charge in [-0.05, 0) is 36.5 Å². The van der Waals surface area contributed by atoms with E-state index in [-0.39, 0.29) is 18.3 Å². The molecule has 0 aromatic heterocycles. The zero-order chi connectivity index (χ0) is 31.6. The Bertz CT molecular complexity index is 1320. The van der Waals surface area contributed by atoms with Crippen LogP contribution in [0.4, 0.5) is 0 Å². The van der Waals surface area contributed by atoms with Crippen LogP contribution < -0.4 is 0 Å². The lowest BCUT2D eigenvalue weighted by molar-refractivity contribution is -0.337. The maximum Gasteiger partial charge on any atom is 0.308 e. The molecule has 5 rings (SSSR count). The smallest absolute Gasteiger partial charge is 0.308 e. The molecule has 240 valence electrons. The first-order chi connectivity index (χ1) is 22.0. The Morgan fingerprint density at radius 1 is 0.778 bits per heavy atom. The molecule has 9 atom stereocenters. The van der Waals surface area contributed by atoms with Crippen LogP contribution in [0.5, 0.6) is 0 Å². The van der Waals surface area contributed by atoms with Gasteiger partial charge in [-0.2, -0.15) is 0 Å². The average Bonchev–Trinajstić information content (AvgIpc) is 3.08. The van der Waals surface area contributed by atoms with Gasteiger partial charge in [0.15, 0.2) is 6.29 Å². The second-order valence-corrected chi connectivity index (χ2v) is 11.8. The van der Waals surface area contributed by atoms with Crippen LogP contribution in [0.2, 0.25) is 0 Å². The second kappa shape index (κ2) is 16.3. The van der Waals surface area contributed by atoms with Gasteiger partial charge in [-0.1, -0.05) is 97.1 Å². The van der Waals surface area contributed by atoms with Gasteiger partial charge in [-0.15, -0.1) is 6.58 Å². The van der Waals surface area contributed by atoms with Gasteiger partial charge in [0.05, 0.1) is 51.2 Å². The van der Waals surface area contributed by atoms with Crippen LogP contribution in [0, 0.1) is 11.8 Å². The van der Waals surface area contributed by atoms with E-state index in [1.807, 2.05) is 97.9 Å². The Morgan fingerprint density at radius 3 is 1.76 bits per heavy atom. The predicted molar refractivity (Wildman–Crippen MR) is 169 cm³/mol. The first kappa shape index (κ1) is 33.0. The molecular weight excluding hydrogens is 572 g/mol. The first-order valence-corrected chi connectivity index (χ1v) is 15.6. The normalized spacial score (nSPS) is 30.0. The van der Waals surface area contributed by atoms with E-state index in [0.29, 0.717) is 26.2 Å². The van der Waals surface area contributed by atoms with Gasteiger partial charge in [-0.3, -0.25) is 4.79 Å². The molecule has 1 N–H and O–H groups in total. The van der Waals surface area contributed by atoms with Gasteiger partial charge >= 0.3 is 5.97 Å². The molecule has 2 fully saturated rings. The number of aliphatic hydroxyl groups excluding tert-OH is 1. The van der Waals surface area contributed by atoms with Crippen molar-refractivity contribution < 1.29 is 38.3 Å². The minimum absolute atomic E-state index is 0.218. The zero-order valence-corrected chi connectivity index (χ0v) is 26.0. The summed E-state index contributed by atoms with van der Waals surface area (Å²) in [5.74, 6) is -1.09.